The number of anilines is 1. The number of benzene rings is 2. The highest BCUT2D eigenvalue weighted by atomic mass is 32.2. The fraction of sp³-hybridized carbons (Fsp3) is 0.100. The Kier molecular flexibility index (Phi) is 6.40. The van der Waals surface area contributed by atoms with Crippen molar-refractivity contribution >= 4 is 29.7 Å². The van der Waals surface area contributed by atoms with Crippen LogP contribution < -0.4 is 11.2 Å². The monoisotopic (exact) mass is 470 g/mol. The Morgan fingerprint density at radius 2 is 2.03 bits per heavy atom. The third-order valence-corrected chi connectivity index (χ3v) is 5.42. The third-order valence-electron chi connectivity index (χ3n) is 4.40. The van der Waals surface area contributed by atoms with E-state index in [0.717, 1.165) is 34.9 Å². The number of carbonyl (C=O) groups is 1. The SMILES string of the molecule is Cc1ccc(SCc2c(C(=O)N/N=C\c3cc(F)ccc3F)nnn2-c2nonc2N)cc1. The van der Waals surface area contributed by atoms with Crippen molar-refractivity contribution in [1.82, 2.24) is 30.7 Å². The summed E-state index contributed by atoms with van der Waals surface area (Å²) >= 11 is 1.43. The molecular formula is C20H16F2N8O2S. The van der Waals surface area contributed by atoms with E-state index in [1.165, 1.54) is 16.4 Å². The molecule has 0 spiro atoms. The number of nitrogen functional groups attached to an aromatic ring is 1. The normalized spacial score (nSPS) is 11.2. The summed E-state index contributed by atoms with van der Waals surface area (Å²) in [5.74, 6) is -1.73. The van der Waals surface area contributed by atoms with Crippen LogP contribution in [-0.4, -0.2) is 37.4 Å². The molecule has 2 aromatic heterocycles. The number of hydrogen-bond acceptors (Lipinski definition) is 9. The maximum absolute atomic E-state index is 13.7. The molecule has 0 saturated carbocycles. The molecule has 1 amide bonds. The van der Waals surface area contributed by atoms with Crippen LogP contribution >= 0.6 is 11.8 Å². The first-order valence-corrected chi connectivity index (χ1v) is 10.4. The van der Waals surface area contributed by atoms with Gasteiger partial charge in [0.25, 0.3) is 5.91 Å². The molecule has 168 valence electrons. The molecular weight excluding hydrogens is 454 g/mol. The fourth-order valence-corrected chi connectivity index (χ4v) is 3.62. The Morgan fingerprint density at radius 1 is 1.24 bits per heavy atom. The number of nitrogens with two attached hydrogens (primary N) is 1. The number of aromatic nitrogens is 5. The highest BCUT2D eigenvalue weighted by Gasteiger charge is 2.24. The first-order valence-electron chi connectivity index (χ1n) is 9.43. The smallest absolute Gasteiger partial charge is 0.293 e. The quantitative estimate of drug-likeness (QED) is 0.239. The van der Waals surface area contributed by atoms with E-state index in [1.54, 1.807) is 0 Å². The van der Waals surface area contributed by atoms with Gasteiger partial charge < -0.3 is 5.73 Å². The molecule has 0 aliphatic rings. The Balaban J connectivity index is 1.58. The van der Waals surface area contributed by atoms with Gasteiger partial charge in [0.2, 0.25) is 11.6 Å². The second kappa shape index (κ2) is 9.56. The summed E-state index contributed by atoms with van der Waals surface area (Å²) in [6.45, 7) is 1.98. The number of hydrogen-bond donors (Lipinski definition) is 2. The van der Waals surface area contributed by atoms with Crippen molar-refractivity contribution in [3.63, 3.8) is 0 Å². The van der Waals surface area contributed by atoms with Crippen LogP contribution in [0.2, 0.25) is 0 Å². The zero-order chi connectivity index (χ0) is 23.4. The van der Waals surface area contributed by atoms with Crippen molar-refractivity contribution in [1.29, 1.82) is 0 Å². The van der Waals surface area contributed by atoms with Crippen LogP contribution in [0.25, 0.3) is 5.82 Å². The molecule has 0 radical (unpaired) electrons. The van der Waals surface area contributed by atoms with Crippen LogP contribution in [0.4, 0.5) is 14.6 Å². The Morgan fingerprint density at radius 3 is 2.76 bits per heavy atom. The fourth-order valence-electron chi connectivity index (χ4n) is 2.73. The lowest BCUT2D eigenvalue weighted by atomic mass is 10.2. The molecule has 4 rings (SSSR count). The van der Waals surface area contributed by atoms with Gasteiger partial charge in [-0.25, -0.2) is 18.8 Å². The summed E-state index contributed by atoms with van der Waals surface area (Å²) in [7, 11) is 0. The predicted octanol–water partition coefficient (Wildman–Crippen LogP) is 2.88. The summed E-state index contributed by atoms with van der Waals surface area (Å²) in [6, 6.07) is 10.7. The van der Waals surface area contributed by atoms with E-state index in [-0.39, 0.29) is 28.6 Å². The summed E-state index contributed by atoms with van der Waals surface area (Å²) < 4.78 is 32.9. The standard InChI is InChI=1S/C20H16F2N8O2S/c1-11-2-5-14(6-3-11)33-10-16-17(25-29-30(16)19-18(23)27-32-28-19)20(31)26-24-9-12-8-13(21)4-7-15(12)22/h2-9H,10H2,1H3,(H2,23,27)(H,26,31)/b24-9-. The van der Waals surface area contributed by atoms with Gasteiger partial charge in [-0.2, -0.15) is 9.78 Å². The number of hydrazone groups is 1. The number of carbonyl (C=O) groups excluding carboxylic acids is 1. The molecule has 33 heavy (non-hydrogen) atoms. The number of amides is 1. The van der Waals surface area contributed by atoms with Crippen molar-refractivity contribution in [3.8, 4) is 5.82 Å². The third kappa shape index (κ3) is 5.03. The second-order valence-electron chi connectivity index (χ2n) is 6.74. The maximum Gasteiger partial charge on any atom is 0.293 e. The van der Waals surface area contributed by atoms with Gasteiger partial charge in [0.15, 0.2) is 5.69 Å². The first-order chi connectivity index (χ1) is 15.9. The number of thioether (sulfide) groups is 1. The average molecular weight is 470 g/mol. The molecule has 3 N–H and O–H groups in total. The zero-order valence-corrected chi connectivity index (χ0v) is 17.9. The average Bonchev–Trinajstić information content (AvgIpc) is 3.41. The maximum atomic E-state index is 13.7. The van der Waals surface area contributed by atoms with Crippen molar-refractivity contribution in [2.24, 2.45) is 5.10 Å². The van der Waals surface area contributed by atoms with Gasteiger partial charge in [-0.15, -0.1) is 16.9 Å². The number of nitrogens with one attached hydrogen (secondary N) is 1. The highest BCUT2D eigenvalue weighted by Crippen LogP contribution is 2.26. The van der Waals surface area contributed by atoms with Crippen molar-refractivity contribution < 1.29 is 18.2 Å². The molecule has 0 atom stereocenters. The summed E-state index contributed by atoms with van der Waals surface area (Å²) in [6.07, 6.45) is 0.987. The van der Waals surface area contributed by atoms with Gasteiger partial charge in [-0.05, 0) is 47.6 Å². The Bertz CT molecular complexity index is 1320. The molecule has 0 unspecified atom stereocenters. The van der Waals surface area contributed by atoms with E-state index >= 15 is 0 Å². The number of aryl methyl sites for hydroxylation is 1. The van der Waals surface area contributed by atoms with E-state index in [9.17, 15) is 13.6 Å². The van der Waals surface area contributed by atoms with E-state index < -0.39 is 17.5 Å². The molecule has 0 saturated heterocycles. The van der Waals surface area contributed by atoms with Gasteiger partial charge in [-0.1, -0.05) is 22.9 Å². The van der Waals surface area contributed by atoms with Crippen LogP contribution in [0.3, 0.4) is 0 Å². The van der Waals surface area contributed by atoms with Crippen LogP contribution in [-0.2, 0) is 5.75 Å². The minimum absolute atomic E-state index is 0.0342. The zero-order valence-electron chi connectivity index (χ0n) is 17.1. The highest BCUT2D eigenvalue weighted by molar-refractivity contribution is 7.98. The van der Waals surface area contributed by atoms with Crippen LogP contribution in [0.5, 0.6) is 0 Å². The van der Waals surface area contributed by atoms with E-state index in [0.29, 0.717) is 5.69 Å². The molecule has 13 heteroatoms. The summed E-state index contributed by atoms with van der Waals surface area (Å²) in [5, 5.41) is 18.8. The lowest BCUT2D eigenvalue weighted by Crippen LogP contribution is -2.20. The van der Waals surface area contributed by atoms with E-state index in [2.05, 4.69) is 35.8 Å². The summed E-state index contributed by atoms with van der Waals surface area (Å²) in [5.41, 5.74) is 9.28. The van der Waals surface area contributed by atoms with Crippen molar-refractivity contribution in [2.45, 2.75) is 17.6 Å². The molecule has 0 fully saturated rings. The largest absolute Gasteiger partial charge is 0.378 e. The molecule has 4 aromatic rings. The molecule has 10 nitrogen and oxygen atoms in total. The second-order valence-corrected chi connectivity index (χ2v) is 7.79. The topological polar surface area (TPSA) is 137 Å². The van der Waals surface area contributed by atoms with Gasteiger partial charge >= 0.3 is 0 Å². The molecule has 2 aromatic carbocycles. The molecule has 0 aliphatic carbocycles. The predicted molar refractivity (Wildman–Crippen MR) is 116 cm³/mol. The lowest BCUT2D eigenvalue weighted by Gasteiger charge is -2.06. The van der Waals surface area contributed by atoms with Gasteiger partial charge in [0.05, 0.1) is 11.9 Å². The Labute approximate surface area is 189 Å². The number of nitrogens with zero attached hydrogens (tertiary/aromatic N) is 6. The van der Waals surface area contributed by atoms with Gasteiger partial charge in [0, 0.05) is 16.2 Å². The van der Waals surface area contributed by atoms with E-state index in [1.807, 2.05) is 31.2 Å². The lowest BCUT2D eigenvalue weighted by molar-refractivity contribution is 0.0949. The number of halogens is 2. The summed E-state index contributed by atoms with van der Waals surface area (Å²) in [4.78, 5) is 13.7. The molecule has 0 bridgehead atoms. The van der Waals surface area contributed by atoms with Crippen molar-refractivity contribution in [2.75, 3.05) is 5.73 Å². The minimum Gasteiger partial charge on any atom is -0.378 e. The van der Waals surface area contributed by atoms with E-state index in [4.69, 9.17) is 5.73 Å². The molecule has 2 heterocycles. The van der Waals surface area contributed by atoms with Crippen molar-refractivity contribution in [3.05, 3.63) is 76.6 Å². The van der Waals surface area contributed by atoms with Gasteiger partial charge in [0.1, 0.15) is 11.6 Å². The van der Waals surface area contributed by atoms with Crippen LogP contribution in [0.1, 0.15) is 27.3 Å². The molecule has 0 aliphatic heterocycles. The van der Waals surface area contributed by atoms with Crippen LogP contribution in [0, 0.1) is 18.6 Å². The van der Waals surface area contributed by atoms with Crippen LogP contribution in [0.15, 0.2) is 57.1 Å². The first kappa shape index (κ1) is 22.1. The van der Waals surface area contributed by atoms with Gasteiger partial charge in [-0.3, -0.25) is 4.79 Å². The minimum atomic E-state index is -0.719. The number of rotatable bonds is 7. The Hall–Kier alpha value is -4.13.